The van der Waals surface area contributed by atoms with Crippen molar-refractivity contribution in [2.45, 2.75) is 5.54 Å². The van der Waals surface area contributed by atoms with Crippen molar-refractivity contribution in [1.29, 1.82) is 0 Å². The molecule has 3 amide bonds. The van der Waals surface area contributed by atoms with E-state index in [2.05, 4.69) is 4.52 Å². The summed E-state index contributed by atoms with van der Waals surface area (Å²) in [6.45, 7) is -1.49. The minimum Gasteiger partial charge on any atom is -0.790 e. The molecule has 0 radical (unpaired) electrons. The van der Waals surface area contributed by atoms with Crippen LogP contribution >= 0.6 is 7.82 Å². The van der Waals surface area contributed by atoms with E-state index >= 15 is 0 Å². The van der Waals surface area contributed by atoms with Crippen molar-refractivity contribution < 1.29 is 101 Å². The standard InChI is InChI=1S/C16H15N2O6P.2Na/c19-14-16(12-7-3-1-4-8-12,13-9-5-2-6-10-13)17-15(20)18(14)11-24-25(21,22)23;;/h1-10H,11H2,(H,17,20)(H2,21,22,23);;/q;2*+1/p-2/i1D,2D,3D,4D,5D,6D,7D,8D,9D,10D;;. The van der Waals surface area contributed by atoms with Gasteiger partial charge in [0.2, 0.25) is 0 Å². The van der Waals surface area contributed by atoms with Crippen LogP contribution in [0.15, 0.2) is 60.4 Å². The summed E-state index contributed by atoms with van der Waals surface area (Å²) in [5.74, 6) is -1.62. The largest absolute Gasteiger partial charge is 1.00 e. The number of benzene rings is 2. The fraction of sp³-hybridized carbons (Fsp3) is 0.125. The van der Waals surface area contributed by atoms with Crippen molar-refractivity contribution in [3.8, 4) is 0 Å². The second-order valence-electron chi connectivity index (χ2n) is 4.62. The molecule has 1 N–H and O–H groups in total. The van der Waals surface area contributed by atoms with Gasteiger partial charge in [-0.15, -0.1) is 0 Å². The maximum Gasteiger partial charge on any atom is 1.00 e. The Hall–Kier alpha value is -0.510. The molecule has 0 aliphatic carbocycles. The number of amides is 3. The summed E-state index contributed by atoms with van der Waals surface area (Å²) in [5.41, 5.74) is -4.97. The maximum atomic E-state index is 13.6. The summed E-state index contributed by atoms with van der Waals surface area (Å²) in [6.07, 6.45) is 0. The first-order valence-corrected chi connectivity index (χ1v) is 7.90. The van der Waals surface area contributed by atoms with Crippen molar-refractivity contribution in [2.75, 3.05) is 6.73 Å². The Kier molecular flexibility index (Phi) is 4.69. The van der Waals surface area contributed by atoms with E-state index in [1.165, 1.54) is 0 Å². The molecule has 1 aliphatic rings. The molecule has 0 bridgehead atoms. The average Bonchev–Trinajstić information content (AvgIpc) is 3.01. The van der Waals surface area contributed by atoms with Crippen molar-refractivity contribution in [3.05, 3.63) is 71.6 Å². The van der Waals surface area contributed by atoms with E-state index in [4.69, 9.17) is 13.7 Å². The molecule has 2 aromatic rings. The summed E-state index contributed by atoms with van der Waals surface area (Å²) >= 11 is 0. The molecular formula is C16H13N2Na2O6P. The van der Waals surface area contributed by atoms with Crippen LogP contribution in [0.25, 0.3) is 0 Å². The van der Waals surface area contributed by atoms with E-state index < -0.39 is 104 Å². The molecule has 27 heavy (non-hydrogen) atoms. The number of hydrogen-bond acceptors (Lipinski definition) is 6. The topological polar surface area (TPSA) is 122 Å². The molecular weight excluding hydrogens is 393 g/mol. The minimum absolute atomic E-state index is 0. The monoisotopic (exact) mass is 416 g/mol. The first kappa shape index (κ1) is 12.9. The van der Waals surface area contributed by atoms with Gasteiger partial charge in [-0.2, -0.15) is 0 Å². The van der Waals surface area contributed by atoms with Gasteiger partial charge in [0.25, 0.3) is 5.91 Å². The number of urea groups is 1. The molecule has 1 fully saturated rings. The van der Waals surface area contributed by atoms with Gasteiger partial charge in [0.15, 0.2) is 5.54 Å². The molecule has 0 unspecified atom stereocenters. The Balaban J connectivity index is 0.00000342. The fourth-order valence-electron chi connectivity index (χ4n) is 2.16. The fourth-order valence-corrected chi connectivity index (χ4v) is 2.42. The molecule has 8 nitrogen and oxygen atoms in total. The van der Waals surface area contributed by atoms with Crippen LogP contribution in [0.5, 0.6) is 0 Å². The zero-order chi connectivity index (χ0) is 26.8. The van der Waals surface area contributed by atoms with Crippen LogP contribution in [-0.2, 0) is 19.4 Å². The second kappa shape index (κ2) is 9.80. The third-order valence-corrected chi connectivity index (χ3v) is 3.63. The summed E-state index contributed by atoms with van der Waals surface area (Å²) in [5, 5.41) is 1.98. The van der Waals surface area contributed by atoms with Gasteiger partial charge in [-0.3, -0.25) is 4.79 Å². The van der Waals surface area contributed by atoms with Gasteiger partial charge >= 0.3 is 65.1 Å². The zero-order valence-electron chi connectivity index (χ0n) is 24.1. The first-order chi connectivity index (χ1) is 16.0. The molecule has 0 aromatic heterocycles. The number of carbonyl (C=O) groups excluding carboxylic acids is 2. The Morgan fingerprint density at radius 2 is 1.44 bits per heavy atom. The summed E-state index contributed by atoms with van der Waals surface area (Å²) in [4.78, 5) is 48.0. The molecule has 3 rings (SSSR count). The number of nitrogens with one attached hydrogen (secondary N) is 1. The summed E-state index contributed by atoms with van der Waals surface area (Å²) < 4.78 is 95.1. The second-order valence-corrected chi connectivity index (χ2v) is 5.77. The smallest absolute Gasteiger partial charge is 0.790 e. The number of carbonyl (C=O) groups is 2. The molecule has 2 aromatic carbocycles. The van der Waals surface area contributed by atoms with Gasteiger partial charge in [0, 0.05) is 0 Å². The van der Waals surface area contributed by atoms with Crippen molar-refractivity contribution in [2.24, 2.45) is 0 Å². The molecule has 130 valence electrons. The minimum atomic E-state index is -5.73. The van der Waals surface area contributed by atoms with Crippen LogP contribution in [-0.4, -0.2) is 23.6 Å². The molecule has 0 atom stereocenters. The Bertz CT molecular complexity index is 1230. The molecule has 1 heterocycles. The number of imide groups is 1. The first-order valence-electron chi connectivity index (χ1n) is 11.4. The number of rotatable bonds is 5. The van der Waals surface area contributed by atoms with E-state index in [0.717, 1.165) is 0 Å². The van der Waals surface area contributed by atoms with Gasteiger partial charge in [0.05, 0.1) is 21.5 Å². The molecule has 0 saturated carbocycles. The van der Waals surface area contributed by atoms with Crippen LogP contribution in [0.4, 0.5) is 4.79 Å². The van der Waals surface area contributed by atoms with Crippen LogP contribution in [0, 0.1) is 0 Å². The Morgan fingerprint density at radius 1 is 1.00 bits per heavy atom. The van der Waals surface area contributed by atoms with Crippen LogP contribution < -0.4 is 74.2 Å². The molecule has 11 heteroatoms. The van der Waals surface area contributed by atoms with Gasteiger partial charge in [-0.05, 0) is 11.1 Å². The van der Waals surface area contributed by atoms with Gasteiger partial charge in [0.1, 0.15) is 6.73 Å². The Morgan fingerprint density at radius 3 is 1.85 bits per heavy atom. The van der Waals surface area contributed by atoms with Gasteiger partial charge in [-0.1, -0.05) is 60.4 Å². The number of phosphoric acid groups is 1. The van der Waals surface area contributed by atoms with Crippen LogP contribution in [0.3, 0.4) is 0 Å². The van der Waals surface area contributed by atoms with E-state index in [1.807, 2.05) is 5.32 Å². The predicted molar refractivity (Wildman–Crippen MR) is 82.6 cm³/mol. The van der Waals surface area contributed by atoms with E-state index in [9.17, 15) is 23.9 Å². The average molecular weight is 416 g/mol. The van der Waals surface area contributed by atoms with Crippen molar-refractivity contribution in [1.82, 2.24) is 10.2 Å². The third-order valence-electron chi connectivity index (χ3n) is 3.20. The van der Waals surface area contributed by atoms with E-state index in [-0.39, 0.29) is 64.0 Å². The van der Waals surface area contributed by atoms with E-state index in [1.54, 1.807) is 0 Å². The van der Waals surface area contributed by atoms with Crippen molar-refractivity contribution >= 4 is 19.8 Å². The molecule has 1 aliphatic heterocycles. The molecule has 1 saturated heterocycles. The van der Waals surface area contributed by atoms with E-state index in [0.29, 0.717) is 0 Å². The van der Waals surface area contributed by atoms with Crippen LogP contribution in [0.2, 0.25) is 0 Å². The normalized spacial score (nSPS) is 20.7. The number of hydrogen-bond donors (Lipinski definition) is 1. The maximum absolute atomic E-state index is 13.6. The zero-order valence-corrected chi connectivity index (χ0v) is 18.9. The van der Waals surface area contributed by atoms with Gasteiger partial charge < -0.3 is 24.2 Å². The Labute approximate surface area is 214 Å². The van der Waals surface area contributed by atoms with Gasteiger partial charge in [-0.25, -0.2) is 9.69 Å². The quantitative estimate of drug-likeness (QED) is 0.295. The summed E-state index contributed by atoms with van der Waals surface area (Å²) in [7, 11) is -5.73. The third kappa shape index (κ3) is 5.10. The molecule has 0 spiro atoms. The van der Waals surface area contributed by atoms with Crippen molar-refractivity contribution in [3.63, 3.8) is 0 Å². The predicted octanol–water partition coefficient (Wildman–Crippen LogP) is -5.71. The number of phosphoric ester groups is 1. The number of nitrogens with zero attached hydrogens (tertiary/aromatic N) is 1. The summed E-state index contributed by atoms with van der Waals surface area (Å²) in [6, 6.07) is -11.4. The van der Waals surface area contributed by atoms with Crippen LogP contribution in [0.1, 0.15) is 24.8 Å². The SMILES string of the molecule is [2H]c1c([2H])c([2H])c(C2(c3c([2H])c([2H])c([2H])c([2H])c3[2H])NC(=O)N(COP(=O)([O-])[O-])C2=O)c([2H])c1[2H].[Na+].[Na+].